The number of rotatable bonds is 7. The molecule has 0 saturated heterocycles. The number of hydrogen-bond donors (Lipinski definition) is 2. The van der Waals surface area contributed by atoms with E-state index in [9.17, 15) is 9.59 Å². The van der Waals surface area contributed by atoms with Gasteiger partial charge >= 0.3 is 5.69 Å². The van der Waals surface area contributed by atoms with Crippen molar-refractivity contribution in [1.29, 1.82) is 0 Å². The second-order valence-electron chi connectivity index (χ2n) is 4.50. The topological polar surface area (TPSA) is 88.6 Å². The minimum absolute atomic E-state index is 0.0828. The van der Waals surface area contributed by atoms with Gasteiger partial charge in [-0.2, -0.15) is 0 Å². The maximum Gasteiger partial charge on any atom is 0.350 e. The molecule has 0 fully saturated rings. The fraction of sp³-hybridized carbons (Fsp3) is 0.462. The number of nitrogens with zero attached hydrogens (tertiary/aromatic N) is 3. The molecule has 1 amide bonds. The summed E-state index contributed by atoms with van der Waals surface area (Å²) >= 11 is 0. The molecule has 0 saturated carbocycles. The Hall–Kier alpha value is -2.15. The number of nitrogens with one attached hydrogen (secondary N) is 1. The molecule has 2 aromatic rings. The molecule has 0 bridgehead atoms. The predicted octanol–water partition coefficient (Wildman–Crippen LogP) is -0.225. The summed E-state index contributed by atoms with van der Waals surface area (Å²) in [5.41, 5.74) is 0.198. The molecule has 0 atom stereocenters. The van der Waals surface area contributed by atoms with Crippen LogP contribution in [0, 0.1) is 0 Å². The summed E-state index contributed by atoms with van der Waals surface area (Å²) < 4.78 is 2.55. The zero-order chi connectivity index (χ0) is 14.4. The molecule has 20 heavy (non-hydrogen) atoms. The molecule has 0 unspecified atom stereocenters. The van der Waals surface area contributed by atoms with Crippen LogP contribution < -0.4 is 11.0 Å². The van der Waals surface area contributed by atoms with Crippen molar-refractivity contribution in [2.75, 3.05) is 13.2 Å². The Labute approximate surface area is 115 Å². The molecule has 2 N–H and O–H groups in total. The van der Waals surface area contributed by atoms with E-state index in [1.807, 2.05) is 0 Å². The summed E-state index contributed by atoms with van der Waals surface area (Å²) in [6, 6.07) is 5.24. The smallest absolute Gasteiger partial charge is 0.350 e. The van der Waals surface area contributed by atoms with Crippen LogP contribution in [0.15, 0.2) is 29.2 Å². The summed E-state index contributed by atoms with van der Waals surface area (Å²) in [6.45, 7) is 0.631. The fourth-order valence-electron chi connectivity index (χ4n) is 1.90. The molecule has 7 heteroatoms. The average molecular weight is 278 g/mol. The quantitative estimate of drug-likeness (QED) is 0.685. The van der Waals surface area contributed by atoms with Crippen LogP contribution in [0.5, 0.6) is 0 Å². The first kappa shape index (κ1) is 14.3. The molecule has 108 valence electrons. The molecule has 0 aliphatic carbocycles. The van der Waals surface area contributed by atoms with E-state index in [-0.39, 0.29) is 24.7 Å². The lowest BCUT2D eigenvalue weighted by Gasteiger charge is -2.03. The van der Waals surface area contributed by atoms with Crippen LogP contribution in [-0.2, 0) is 11.3 Å². The SMILES string of the molecule is O=C(Cn1nc2ccccn2c1=O)NCCCCCO. The fourth-order valence-corrected chi connectivity index (χ4v) is 1.90. The van der Waals surface area contributed by atoms with Crippen LogP contribution in [0.3, 0.4) is 0 Å². The summed E-state index contributed by atoms with van der Waals surface area (Å²) in [5.74, 6) is -0.237. The van der Waals surface area contributed by atoms with Crippen LogP contribution in [0.1, 0.15) is 19.3 Å². The Morgan fingerprint density at radius 1 is 1.30 bits per heavy atom. The number of hydrogen-bond acceptors (Lipinski definition) is 4. The second kappa shape index (κ2) is 6.85. The number of carbonyl (C=O) groups is 1. The number of aliphatic hydroxyl groups excluding tert-OH is 1. The third-order valence-electron chi connectivity index (χ3n) is 2.94. The molecule has 2 aromatic heterocycles. The number of amides is 1. The van der Waals surface area contributed by atoms with Crippen molar-refractivity contribution in [3.63, 3.8) is 0 Å². The van der Waals surface area contributed by atoms with Crippen LogP contribution in [0.2, 0.25) is 0 Å². The van der Waals surface area contributed by atoms with Crippen molar-refractivity contribution in [2.45, 2.75) is 25.8 Å². The third kappa shape index (κ3) is 3.45. The van der Waals surface area contributed by atoms with E-state index in [2.05, 4.69) is 10.4 Å². The first-order valence-electron chi connectivity index (χ1n) is 6.64. The van der Waals surface area contributed by atoms with Gasteiger partial charge in [0.15, 0.2) is 5.65 Å². The van der Waals surface area contributed by atoms with E-state index in [4.69, 9.17) is 5.11 Å². The maximum atomic E-state index is 11.9. The Kier molecular flexibility index (Phi) is 4.89. The van der Waals surface area contributed by atoms with Crippen molar-refractivity contribution in [3.8, 4) is 0 Å². The first-order chi connectivity index (χ1) is 9.72. The molecule has 0 spiro atoms. The van der Waals surface area contributed by atoms with Gasteiger partial charge in [-0.05, 0) is 31.4 Å². The van der Waals surface area contributed by atoms with Crippen molar-refractivity contribution < 1.29 is 9.90 Å². The third-order valence-corrected chi connectivity index (χ3v) is 2.94. The molecule has 0 radical (unpaired) electrons. The van der Waals surface area contributed by atoms with E-state index in [1.54, 1.807) is 24.4 Å². The van der Waals surface area contributed by atoms with Crippen LogP contribution in [-0.4, -0.2) is 38.3 Å². The minimum atomic E-state index is -0.323. The van der Waals surface area contributed by atoms with Crippen molar-refractivity contribution in [3.05, 3.63) is 34.9 Å². The zero-order valence-corrected chi connectivity index (χ0v) is 11.2. The summed E-state index contributed by atoms with van der Waals surface area (Å²) in [4.78, 5) is 23.6. The first-order valence-corrected chi connectivity index (χ1v) is 6.64. The van der Waals surface area contributed by atoms with Crippen molar-refractivity contribution >= 4 is 11.6 Å². The highest BCUT2D eigenvalue weighted by atomic mass is 16.3. The van der Waals surface area contributed by atoms with Crippen LogP contribution in [0.4, 0.5) is 0 Å². The number of fused-ring (bicyclic) bond motifs is 1. The Morgan fingerprint density at radius 3 is 2.90 bits per heavy atom. The lowest BCUT2D eigenvalue weighted by molar-refractivity contribution is -0.121. The van der Waals surface area contributed by atoms with Gasteiger partial charge in [-0.1, -0.05) is 6.07 Å². The number of carbonyl (C=O) groups excluding carboxylic acids is 1. The molecule has 0 aliphatic rings. The van der Waals surface area contributed by atoms with Gasteiger partial charge in [0.1, 0.15) is 6.54 Å². The van der Waals surface area contributed by atoms with E-state index < -0.39 is 0 Å². The largest absolute Gasteiger partial charge is 0.396 e. The van der Waals surface area contributed by atoms with Crippen LogP contribution >= 0.6 is 0 Å². The van der Waals surface area contributed by atoms with Gasteiger partial charge < -0.3 is 10.4 Å². The van der Waals surface area contributed by atoms with Gasteiger partial charge in [-0.3, -0.25) is 9.20 Å². The standard InChI is InChI=1S/C13H18N4O3/c18-9-5-1-3-7-14-12(19)10-17-13(20)16-8-4-2-6-11(16)15-17/h2,4,6,8,18H,1,3,5,7,9-10H2,(H,14,19). The van der Waals surface area contributed by atoms with Gasteiger partial charge in [0.05, 0.1) is 0 Å². The van der Waals surface area contributed by atoms with E-state index in [0.717, 1.165) is 23.9 Å². The zero-order valence-electron chi connectivity index (χ0n) is 11.2. The second-order valence-corrected chi connectivity index (χ2v) is 4.50. The molecule has 2 rings (SSSR count). The number of pyridine rings is 1. The van der Waals surface area contributed by atoms with Gasteiger partial charge in [0.2, 0.25) is 5.91 Å². The molecular weight excluding hydrogens is 260 g/mol. The van der Waals surface area contributed by atoms with Gasteiger partial charge in [-0.25, -0.2) is 9.48 Å². The van der Waals surface area contributed by atoms with Crippen LogP contribution in [0.25, 0.3) is 5.65 Å². The Morgan fingerprint density at radius 2 is 2.15 bits per heavy atom. The number of unbranched alkanes of at least 4 members (excludes halogenated alkanes) is 2. The normalized spacial score (nSPS) is 10.8. The van der Waals surface area contributed by atoms with E-state index >= 15 is 0 Å². The monoisotopic (exact) mass is 278 g/mol. The lowest BCUT2D eigenvalue weighted by Crippen LogP contribution is -2.33. The number of aromatic nitrogens is 3. The molecule has 2 heterocycles. The van der Waals surface area contributed by atoms with E-state index in [0.29, 0.717) is 12.2 Å². The Balaban J connectivity index is 1.90. The number of aliphatic hydroxyl groups is 1. The average Bonchev–Trinajstić information content (AvgIpc) is 2.76. The summed E-state index contributed by atoms with van der Waals surface area (Å²) in [7, 11) is 0. The molecule has 7 nitrogen and oxygen atoms in total. The predicted molar refractivity (Wildman–Crippen MR) is 73.4 cm³/mol. The van der Waals surface area contributed by atoms with Gasteiger partial charge in [0.25, 0.3) is 0 Å². The van der Waals surface area contributed by atoms with E-state index in [1.165, 1.54) is 4.40 Å². The summed E-state index contributed by atoms with van der Waals surface area (Å²) in [5, 5.41) is 15.4. The van der Waals surface area contributed by atoms with Gasteiger partial charge in [0, 0.05) is 19.3 Å². The Bertz CT molecular complexity index is 632. The molecule has 0 aliphatic heterocycles. The molecule has 0 aromatic carbocycles. The van der Waals surface area contributed by atoms with Gasteiger partial charge in [-0.15, -0.1) is 5.10 Å². The summed E-state index contributed by atoms with van der Waals surface area (Å²) in [6.07, 6.45) is 4.03. The highest BCUT2D eigenvalue weighted by Crippen LogP contribution is 1.95. The van der Waals surface area contributed by atoms with Crippen molar-refractivity contribution in [1.82, 2.24) is 19.5 Å². The minimum Gasteiger partial charge on any atom is -0.396 e. The highest BCUT2D eigenvalue weighted by molar-refractivity contribution is 5.75. The maximum absolute atomic E-state index is 11.9. The molecular formula is C13H18N4O3. The lowest BCUT2D eigenvalue weighted by atomic mass is 10.2. The highest BCUT2D eigenvalue weighted by Gasteiger charge is 2.09. The van der Waals surface area contributed by atoms with Crippen molar-refractivity contribution in [2.24, 2.45) is 0 Å².